The predicted octanol–water partition coefficient (Wildman–Crippen LogP) is 0.408. The van der Waals surface area contributed by atoms with Crippen LogP contribution in [0.1, 0.15) is 58.3 Å². The largest absolute Gasteiger partial charge is 1.00 e. The van der Waals surface area contributed by atoms with Crippen molar-refractivity contribution in [3.05, 3.63) is 24.3 Å². The Bertz CT molecular complexity index is 578. The van der Waals surface area contributed by atoms with Crippen molar-refractivity contribution in [3.63, 3.8) is 0 Å². The second-order valence-electron chi connectivity index (χ2n) is 7.55. The minimum atomic E-state index is -0.342. The van der Waals surface area contributed by atoms with Crippen molar-refractivity contribution < 1.29 is 31.6 Å². The number of hydrogen-bond donors (Lipinski definition) is 2. The van der Waals surface area contributed by atoms with Crippen molar-refractivity contribution in [2.45, 2.75) is 70.4 Å². The molecule has 5 nitrogen and oxygen atoms in total. The van der Waals surface area contributed by atoms with Gasteiger partial charge < -0.3 is 26.8 Å². The lowest BCUT2D eigenvalue weighted by atomic mass is 9.90. The van der Waals surface area contributed by atoms with Gasteiger partial charge in [0.1, 0.15) is 11.8 Å². The summed E-state index contributed by atoms with van der Waals surface area (Å²) in [7, 11) is 0. The molecule has 2 atom stereocenters. The van der Waals surface area contributed by atoms with E-state index >= 15 is 0 Å². The molecule has 1 amide bonds. The quantitative estimate of drug-likeness (QED) is 0.732. The molecule has 1 unspecified atom stereocenters. The Balaban J connectivity index is 0.00000261. The van der Waals surface area contributed by atoms with E-state index in [4.69, 9.17) is 9.47 Å². The van der Waals surface area contributed by atoms with Crippen molar-refractivity contribution in [3.8, 4) is 5.75 Å². The van der Waals surface area contributed by atoms with E-state index in [1.807, 2.05) is 24.3 Å². The highest BCUT2D eigenvalue weighted by molar-refractivity contribution is 5.85. The molecule has 6 heteroatoms. The van der Waals surface area contributed by atoms with Gasteiger partial charge >= 0.3 is 6.09 Å². The van der Waals surface area contributed by atoms with Gasteiger partial charge in [-0.15, -0.1) is 0 Å². The maximum atomic E-state index is 12.5. The number of carbonyl (C=O) groups is 1. The van der Waals surface area contributed by atoms with Crippen LogP contribution in [0.2, 0.25) is 0 Å². The van der Waals surface area contributed by atoms with Crippen LogP contribution in [0.5, 0.6) is 5.75 Å². The Labute approximate surface area is 169 Å². The van der Waals surface area contributed by atoms with Crippen LogP contribution in [0.25, 0.3) is 0 Å². The van der Waals surface area contributed by atoms with E-state index in [0.717, 1.165) is 30.7 Å². The van der Waals surface area contributed by atoms with E-state index < -0.39 is 0 Å². The van der Waals surface area contributed by atoms with Gasteiger partial charge in [-0.25, -0.2) is 4.79 Å². The third-order valence-electron chi connectivity index (χ3n) is 5.53. The van der Waals surface area contributed by atoms with Crippen LogP contribution in [0.3, 0.4) is 0 Å². The maximum Gasteiger partial charge on any atom is 0.412 e. The number of carbonyl (C=O) groups excluding carboxylic acids is 1. The highest BCUT2D eigenvalue weighted by Crippen LogP contribution is 2.22. The fraction of sp³-hybridized carbons (Fsp3) is 0.667. The van der Waals surface area contributed by atoms with Gasteiger partial charge in [0.15, 0.2) is 6.10 Å². The second-order valence-corrected chi connectivity index (χ2v) is 7.55. The molecule has 1 saturated carbocycles. The molecule has 2 fully saturated rings. The van der Waals surface area contributed by atoms with E-state index in [1.165, 1.54) is 45.2 Å². The molecule has 1 heterocycles. The molecular weight excluding hydrogens is 364 g/mol. The fourth-order valence-electron chi connectivity index (χ4n) is 4.25. The molecule has 27 heavy (non-hydrogen) atoms. The third kappa shape index (κ3) is 6.58. The van der Waals surface area contributed by atoms with Crippen molar-refractivity contribution in [1.82, 2.24) is 0 Å². The molecule has 1 saturated heterocycles. The van der Waals surface area contributed by atoms with Crippen LogP contribution in [-0.4, -0.2) is 37.9 Å². The first-order valence-electron chi connectivity index (χ1n) is 10.3. The number of rotatable bonds is 6. The van der Waals surface area contributed by atoms with Gasteiger partial charge in [-0.3, -0.25) is 5.32 Å². The molecule has 3 rings (SSSR count). The van der Waals surface area contributed by atoms with Gasteiger partial charge in [0.2, 0.25) is 0 Å². The molecule has 1 aromatic carbocycles. The summed E-state index contributed by atoms with van der Waals surface area (Å²) >= 11 is 0. The van der Waals surface area contributed by atoms with E-state index in [1.54, 1.807) is 4.90 Å². The molecule has 0 radical (unpaired) electrons. The predicted molar refractivity (Wildman–Crippen MR) is 103 cm³/mol. The number of piperidine rings is 1. The summed E-state index contributed by atoms with van der Waals surface area (Å²) < 4.78 is 11.5. The first-order chi connectivity index (χ1) is 12.8. The summed E-state index contributed by atoms with van der Waals surface area (Å²) in [6.07, 6.45) is 9.18. The first-order valence-corrected chi connectivity index (χ1v) is 10.3. The van der Waals surface area contributed by atoms with Gasteiger partial charge in [0.05, 0.1) is 19.7 Å². The van der Waals surface area contributed by atoms with Crippen LogP contribution < -0.4 is 27.4 Å². The number of quaternary nitrogens is 1. The van der Waals surface area contributed by atoms with Gasteiger partial charge in [-0.1, -0.05) is 13.0 Å². The number of halogens is 1. The normalized spacial score (nSPS) is 23.1. The van der Waals surface area contributed by atoms with Crippen LogP contribution in [-0.2, 0) is 4.74 Å². The fourth-order valence-corrected chi connectivity index (χ4v) is 4.25. The average molecular weight is 397 g/mol. The Hall–Kier alpha value is -1.46. The van der Waals surface area contributed by atoms with Crippen LogP contribution in [0, 0.1) is 0 Å². The molecule has 0 bridgehead atoms. The summed E-state index contributed by atoms with van der Waals surface area (Å²) in [5.74, 6) is 0.776. The van der Waals surface area contributed by atoms with Crippen LogP contribution >= 0.6 is 0 Å². The van der Waals surface area contributed by atoms with E-state index in [-0.39, 0.29) is 24.6 Å². The second kappa shape index (κ2) is 11.4. The van der Waals surface area contributed by atoms with Crippen molar-refractivity contribution in [1.29, 1.82) is 0 Å². The zero-order chi connectivity index (χ0) is 18.2. The number of likely N-dealkylation sites (tertiary alicyclic amines) is 1. The minimum absolute atomic E-state index is 0. The number of ether oxygens (including phenoxy) is 2. The maximum absolute atomic E-state index is 12.5. The van der Waals surface area contributed by atoms with E-state index in [2.05, 4.69) is 12.2 Å². The molecule has 152 valence electrons. The van der Waals surface area contributed by atoms with E-state index in [9.17, 15) is 4.79 Å². The molecule has 1 aliphatic carbocycles. The van der Waals surface area contributed by atoms with Crippen molar-refractivity contribution in [2.24, 2.45) is 0 Å². The summed E-state index contributed by atoms with van der Waals surface area (Å²) in [4.78, 5) is 14.1. The van der Waals surface area contributed by atoms with Gasteiger partial charge in [0, 0.05) is 18.2 Å². The van der Waals surface area contributed by atoms with Crippen LogP contribution in [0.15, 0.2) is 24.3 Å². The molecule has 2 aliphatic rings. The highest BCUT2D eigenvalue weighted by Gasteiger charge is 2.36. The summed E-state index contributed by atoms with van der Waals surface area (Å²) in [6, 6.07) is 7.98. The number of amides is 1. The number of benzene rings is 1. The van der Waals surface area contributed by atoms with Crippen molar-refractivity contribution in [2.75, 3.05) is 25.0 Å². The molecule has 1 aliphatic heterocycles. The molecule has 1 aromatic rings. The SMILES string of the molecule is CCCOc1cccc(NC(=O)O[C@@H]2CCCCC2[NH+]2CCCCC2)c1.[Cl-]. The highest BCUT2D eigenvalue weighted by atomic mass is 35.5. The molecular formula is C21H33ClN2O3. The van der Waals surface area contributed by atoms with Gasteiger partial charge in [-0.05, 0) is 57.1 Å². The number of anilines is 1. The lowest BCUT2D eigenvalue weighted by molar-refractivity contribution is -0.934. The summed E-state index contributed by atoms with van der Waals surface area (Å²) in [6.45, 7) is 5.20. The Morgan fingerprint density at radius 2 is 1.93 bits per heavy atom. The number of nitrogens with one attached hydrogen (secondary N) is 2. The standard InChI is InChI=1S/C21H32N2O3.ClH/c1-2-15-25-18-10-8-9-17(16-18)22-21(24)26-20-12-5-4-11-19(20)23-13-6-3-7-14-23;/h8-10,16,19-20H,2-7,11-15H2,1H3,(H,22,24);1H/t19?,20-;/m1./s1. The Morgan fingerprint density at radius 1 is 1.15 bits per heavy atom. The lowest BCUT2D eigenvalue weighted by Crippen LogP contribution is -3.17. The Morgan fingerprint density at radius 3 is 2.70 bits per heavy atom. The summed E-state index contributed by atoms with van der Waals surface area (Å²) in [5, 5.41) is 2.88. The zero-order valence-corrected chi connectivity index (χ0v) is 17.1. The molecule has 0 spiro atoms. The van der Waals surface area contributed by atoms with Gasteiger partial charge in [0.25, 0.3) is 0 Å². The summed E-state index contributed by atoms with van der Waals surface area (Å²) in [5.41, 5.74) is 0.723. The topological polar surface area (TPSA) is 52.0 Å². The Kier molecular flexibility index (Phi) is 9.22. The average Bonchev–Trinajstić information content (AvgIpc) is 2.68. The number of hydrogen-bond acceptors (Lipinski definition) is 3. The molecule has 0 aromatic heterocycles. The van der Waals surface area contributed by atoms with Crippen molar-refractivity contribution >= 4 is 11.8 Å². The molecule has 2 N–H and O–H groups in total. The smallest absolute Gasteiger partial charge is 0.412 e. The van der Waals surface area contributed by atoms with Crippen LogP contribution in [0.4, 0.5) is 10.5 Å². The minimum Gasteiger partial charge on any atom is -1.00 e. The van der Waals surface area contributed by atoms with Gasteiger partial charge in [-0.2, -0.15) is 0 Å². The third-order valence-corrected chi connectivity index (χ3v) is 5.53. The monoisotopic (exact) mass is 396 g/mol. The zero-order valence-electron chi connectivity index (χ0n) is 16.3. The van der Waals surface area contributed by atoms with E-state index in [0.29, 0.717) is 12.6 Å². The first kappa shape index (κ1) is 21.8. The lowest BCUT2D eigenvalue weighted by Gasteiger charge is -2.38.